The van der Waals surface area contributed by atoms with Gasteiger partial charge in [0.1, 0.15) is 0 Å². The van der Waals surface area contributed by atoms with Crippen molar-refractivity contribution in [3.63, 3.8) is 0 Å². The van der Waals surface area contributed by atoms with E-state index in [0.717, 1.165) is 16.2 Å². The van der Waals surface area contributed by atoms with Crippen LogP contribution in [0.15, 0.2) is 30.3 Å². The molecule has 0 amide bonds. The lowest BCUT2D eigenvalue weighted by atomic mass is 10.2. The third-order valence-electron chi connectivity index (χ3n) is 2.24. The second kappa shape index (κ2) is 3.38. The van der Waals surface area contributed by atoms with Crippen molar-refractivity contribution in [1.29, 1.82) is 0 Å². The summed E-state index contributed by atoms with van der Waals surface area (Å²) in [7, 11) is 3.92. The van der Waals surface area contributed by atoms with Crippen LogP contribution in [0.3, 0.4) is 0 Å². The van der Waals surface area contributed by atoms with Gasteiger partial charge in [-0.1, -0.05) is 18.2 Å². The second-order valence-electron chi connectivity index (χ2n) is 3.22. The highest BCUT2D eigenvalue weighted by molar-refractivity contribution is 7.71. The number of rotatable bonds is 1. The van der Waals surface area contributed by atoms with Crippen LogP contribution in [0.5, 0.6) is 0 Å². The first-order valence-corrected chi connectivity index (χ1v) is 4.81. The van der Waals surface area contributed by atoms with Crippen molar-refractivity contribution < 1.29 is 4.57 Å². The molecule has 1 N–H and O–H groups in total. The third-order valence-corrected chi connectivity index (χ3v) is 2.60. The van der Waals surface area contributed by atoms with Gasteiger partial charge in [0.05, 0.1) is 19.7 Å². The first-order chi connectivity index (χ1) is 6.70. The molecule has 0 fully saturated rings. The predicted octanol–water partition coefficient (Wildman–Crippen LogP) is 1.57. The fourth-order valence-electron chi connectivity index (χ4n) is 1.57. The van der Waals surface area contributed by atoms with E-state index < -0.39 is 0 Å². The largest absolute Gasteiger partial charge is 0.323 e. The molecule has 0 aliphatic heterocycles. The molecular weight excluding hydrogens is 194 g/mol. The highest BCUT2D eigenvalue weighted by atomic mass is 32.1. The highest BCUT2D eigenvalue weighted by Gasteiger charge is 2.14. The predicted molar refractivity (Wildman–Crippen MR) is 57.2 cm³/mol. The molecule has 2 aromatic rings. The molecular formula is C10H12N3S+. The van der Waals surface area contributed by atoms with Gasteiger partial charge in [-0.3, -0.25) is 0 Å². The molecule has 0 saturated carbocycles. The molecule has 0 saturated heterocycles. The maximum absolute atomic E-state index is 5.15. The number of H-pyrrole nitrogens is 1. The Balaban J connectivity index is 2.69. The molecule has 0 atom stereocenters. The standard InChI is InChI=1S/C10H11N3S/c1-12-9(13(2)11-10(12)14)8-6-4-3-5-7-8/h3-7H,1-2H3/p+1. The van der Waals surface area contributed by atoms with Gasteiger partial charge in [-0.25, -0.2) is 4.57 Å². The smallest absolute Gasteiger partial charge is 0.220 e. The van der Waals surface area contributed by atoms with Crippen LogP contribution in [-0.4, -0.2) is 9.78 Å². The Morgan fingerprint density at radius 2 is 1.93 bits per heavy atom. The monoisotopic (exact) mass is 206 g/mol. The van der Waals surface area contributed by atoms with Crippen LogP contribution in [0.1, 0.15) is 0 Å². The molecule has 0 aliphatic rings. The summed E-state index contributed by atoms with van der Waals surface area (Å²) in [5.74, 6) is 1.08. The number of hydrogen-bond donors (Lipinski definition) is 1. The minimum atomic E-state index is 0.728. The second-order valence-corrected chi connectivity index (χ2v) is 3.61. The zero-order valence-corrected chi connectivity index (χ0v) is 9.01. The van der Waals surface area contributed by atoms with E-state index >= 15 is 0 Å². The van der Waals surface area contributed by atoms with Crippen molar-refractivity contribution in [3.05, 3.63) is 35.1 Å². The number of hydrogen-bond acceptors (Lipinski definition) is 1. The van der Waals surface area contributed by atoms with Gasteiger partial charge in [-0.05, 0) is 24.4 Å². The SMILES string of the molecule is Cn1[nH]c(=S)[n+](C)c1-c1ccccc1. The Morgan fingerprint density at radius 1 is 1.29 bits per heavy atom. The number of aromatic nitrogens is 3. The van der Waals surface area contributed by atoms with Crippen LogP contribution in [0.25, 0.3) is 11.4 Å². The topological polar surface area (TPSA) is 24.6 Å². The summed E-state index contributed by atoms with van der Waals surface area (Å²) in [5, 5.41) is 3.07. The third kappa shape index (κ3) is 1.37. The molecule has 4 heteroatoms. The normalized spacial score (nSPS) is 10.4. The van der Waals surface area contributed by atoms with Crippen molar-refractivity contribution in [3.8, 4) is 11.4 Å². The van der Waals surface area contributed by atoms with E-state index in [1.165, 1.54) is 0 Å². The van der Waals surface area contributed by atoms with Gasteiger partial charge in [0.2, 0.25) is 0 Å². The first-order valence-electron chi connectivity index (χ1n) is 4.40. The van der Waals surface area contributed by atoms with E-state index in [1.807, 2.05) is 41.5 Å². The quantitative estimate of drug-likeness (QED) is 0.556. The molecule has 1 aromatic heterocycles. The van der Waals surface area contributed by atoms with Crippen LogP contribution in [0.2, 0.25) is 0 Å². The first kappa shape index (κ1) is 9.15. The molecule has 0 radical (unpaired) electrons. The Hall–Kier alpha value is -1.42. The van der Waals surface area contributed by atoms with Crippen LogP contribution in [-0.2, 0) is 14.1 Å². The maximum Gasteiger partial charge on any atom is 0.323 e. The Bertz CT molecular complexity index is 496. The summed E-state index contributed by atoms with van der Waals surface area (Å²) in [6, 6.07) is 10.2. The Labute approximate surface area is 87.6 Å². The van der Waals surface area contributed by atoms with Gasteiger partial charge in [0.15, 0.2) is 0 Å². The van der Waals surface area contributed by atoms with Gasteiger partial charge >= 0.3 is 4.77 Å². The number of nitrogens with one attached hydrogen (secondary N) is 1. The molecule has 0 unspecified atom stereocenters. The maximum atomic E-state index is 5.15. The molecule has 1 heterocycles. The zero-order chi connectivity index (χ0) is 10.1. The Morgan fingerprint density at radius 3 is 2.43 bits per heavy atom. The molecule has 0 bridgehead atoms. The summed E-state index contributed by atoms with van der Waals surface area (Å²) in [5.41, 5.74) is 1.16. The van der Waals surface area contributed by atoms with Gasteiger partial charge in [-0.2, -0.15) is 0 Å². The lowest BCUT2D eigenvalue weighted by molar-refractivity contribution is -0.667. The molecule has 2 rings (SSSR count). The van der Waals surface area contributed by atoms with Gasteiger partial charge < -0.3 is 0 Å². The van der Waals surface area contributed by atoms with Gasteiger partial charge in [-0.15, -0.1) is 9.78 Å². The van der Waals surface area contributed by atoms with Gasteiger partial charge in [0.25, 0.3) is 5.82 Å². The van der Waals surface area contributed by atoms with E-state index in [0.29, 0.717) is 0 Å². The van der Waals surface area contributed by atoms with Crippen molar-refractivity contribution >= 4 is 12.2 Å². The number of benzene rings is 1. The Kier molecular flexibility index (Phi) is 2.21. The molecule has 3 nitrogen and oxygen atoms in total. The summed E-state index contributed by atoms with van der Waals surface area (Å²) in [6.07, 6.45) is 0. The summed E-state index contributed by atoms with van der Waals surface area (Å²) in [6.45, 7) is 0. The fraction of sp³-hybridized carbons (Fsp3) is 0.200. The minimum Gasteiger partial charge on any atom is -0.220 e. The molecule has 0 aliphatic carbocycles. The summed E-state index contributed by atoms with van der Waals surface area (Å²) < 4.78 is 4.62. The van der Waals surface area contributed by atoms with E-state index in [2.05, 4.69) is 17.2 Å². The van der Waals surface area contributed by atoms with E-state index in [9.17, 15) is 0 Å². The van der Waals surface area contributed by atoms with Crippen molar-refractivity contribution in [2.75, 3.05) is 0 Å². The van der Waals surface area contributed by atoms with Crippen molar-refractivity contribution in [2.24, 2.45) is 14.1 Å². The molecule has 1 aromatic carbocycles. The average Bonchev–Trinajstić information content (AvgIpc) is 2.43. The minimum absolute atomic E-state index is 0.728. The average molecular weight is 206 g/mol. The number of aryl methyl sites for hydroxylation is 1. The van der Waals surface area contributed by atoms with Crippen LogP contribution < -0.4 is 4.57 Å². The van der Waals surface area contributed by atoms with Gasteiger partial charge in [0, 0.05) is 0 Å². The van der Waals surface area contributed by atoms with Crippen LogP contribution >= 0.6 is 12.2 Å². The lowest BCUT2D eigenvalue weighted by Crippen LogP contribution is -2.30. The van der Waals surface area contributed by atoms with Crippen molar-refractivity contribution in [1.82, 2.24) is 9.78 Å². The molecule has 72 valence electrons. The van der Waals surface area contributed by atoms with E-state index in [-0.39, 0.29) is 0 Å². The molecule has 0 spiro atoms. The zero-order valence-electron chi connectivity index (χ0n) is 8.19. The fourth-order valence-corrected chi connectivity index (χ4v) is 1.79. The lowest BCUT2D eigenvalue weighted by Gasteiger charge is -1.97. The summed E-state index contributed by atoms with van der Waals surface area (Å²) >= 11 is 5.15. The number of aromatic amines is 1. The van der Waals surface area contributed by atoms with Crippen LogP contribution in [0.4, 0.5) is 0 Å². The number of nitrogens with zero attached hydrogens (tertiary/aromatic N) is 2. The van der Waals surface area contributed by atoms with Crippen LogP contribution in [0, 0.1) is 4.77 Å². The van der Waals surface area contributed by atoms with E-state index in [4.69, 9.17) is 12.2 Å². The molecule has 14 heavy (non-hydrogen) atoms. The van der Waals surface area contributed by atoms with E-state index in [1.54, 1.807) is 0 Å². The van der Waals surface area contributed by atoms with Crippen molar-refractivity contribution in [2.45, 2.75) is 0 Å². The highest BCUT2D eigenvalue weighted by Crippen LogP contribution is 2.12. The summed E-state index contributed by atoms with van der Waals surface area (Å²) in [4.78, 5) is 0.